The first-order chi connectivity index (χ1) is 15.0. The van der Waals surface area contributed by atoms with Crippen molar-refractivity contribution in [3.05, 3.63) is 95.8 Å². The van der Waals surface area contributed by atoms with Crippen LogP contribution >= 0.6 is 0 Å². The van der Waals surface area contributed by atoms with Gasteiger partial charge in [0.05, 0.1) is 28.8 Å². The lowest BCUT2D eigenvalue weighted by Gasteiger charge is -2.11. The van der Waals surface area contributed by atoms with E-state index in [0.717, 1.165) is 27.3 Å². The molecule has 0 aliphatic rings. The van der Waals surface area contributed by atoms with Crippen molar-refractivity contribution < 1.29 is 9.59 Å². The highest BCUT2D eigenvalue weighted by Crippen LogP contribution is 2.30. The molecule has 5 nitrogen and oxygen atoms in total. The largest absolute Gasteiger partial charge is 0.303 e. The van der Waals surface area contributed by atoms with Crippen molar-refractivity contribution in [3.8, 4) is 0 Å². The molecule has 0 unspecified atom stereocenters. The molecule has 0 spiro atoms. The quantitative estimate of drug-likeness (QED) is 0.315. The number of likely N-dealkylation sites (N-methyl/N-ethyl adjacent to an activating group) is 1. The number of carbonyl (C=O) groups is 2. The Morgan fingerprint density at radius 2 is 1.65 bits per heavy atom. The molecule has 5 aromatic rings. The molecule has 0 aliphatic carbocycles. The zero-order valence-electron chi connectivity index (χ0n) is 17.4. The smallest absolute Gasteiger partial charge is 0.209 e. The van der Waals surface area contributed by atoms with E-state index in [1.165, 1.54) is 0 Å². The molecule has 3 heterocycles. The fourth-order valence-electron chi connectivity index (χ4n) is 4.11. The molecular formula is C26H21N3O2. The fraction of sp³-hybridized carbons (Fsp3) is 0.115. The molecule has 0 saturated heterocycles. The van der Waals surface area contributed by atoms with Crippen LogP contribution in [0.3, 0.4) is 0 Å². The summed E-state index contributed by atoms with van der Waals surface area (Å²) in [6.07, 6.45) is 1.75. The Kier molecular flexibility index (Phi) is 4.60. The predicted octanol–water partition coefficient (Wildman–Crippen LogP) is 4.62. The minimum Gasteiger partial charge on any atom is -0.303 e. The predicted molar refractivity (Wildman–Crippen MR) is 123 cm³/mol. The van der Waals surface area contributed by atoms with E-state index in [1.807, 2.05) is 78.0 Å². The number of hydrogen-bond acceptors (Lipinski definition) is 4. The maximum atomic E-state index is 13.5. The van der Waals surface area contributed by atoms with Crippen LogP contribution in [0.1, 0.15) is 26.4 Å². The summed E-state index contributed by atoms with van der Waals surface area (Å²) in [6, 6.07) is 22.7. The van der Waals surface area contributed by atoms with Crippen LogP contribution in [0.2, 0.25) is 0 Å². The Morgan fingerprint density at radius 3 is 2.42 bits per heavy atom. The Bertz CT molecular complexity index is 1470. The van der Waals surface area contributed by atoms with Gasteiger partial charge in [0.25, 0.3) is 0 Å². The zero-order valence-corrected chi connectivity index (χ0v) is 17.4. The van der Waals surface area contributed by atoms with Gasteiger partial charge in [-0.25, -0.2) is 0 Å². The van der Waals surface area contributed by atoms with E-state index in [1.54, 1.807) is 24.4 Å². The van der Waals surface area contributed by atoms with Crippen LogP contribution in [0, 0.1) is 0 Å². The van der Waals surface area contributed by atoms with Gasteiger partial charge in [0.1, 0.15) is 0 Å². The van der Waals surface area contributed by atoms with Crippen LogP contribution in [0.25, 0.3) is 27.3 Å². The number of benzene rings is 2. The van der Waals surface area contributed by atoms with Crippen molar-refractivity contribution in [2.75, 3.05) is 20.6 Å². The lowest BCUT2D eigenvalue weighted by atomic mass is 10.1. The van der Waals surface area contributed by atoms with Crippen molar-refractivity contribution in [3.63, 3.8) is 0 Å². The van der Waals surface area contributed by atoms with Gasteiger partial charge >= 0.3 is 0 Å². The normalized spacial score (nSPS) is 11.6. The van der Waals surface area contributed by atoms with Crippen LogP contribution < -0.4 is 0 Å². The van der Waals surface area contributed by atoms with E-state index in [4.69, 9.17) is 0 Å². The number of fused-ring (bicyclic) bond motifs is 5. The van der Waals surface area contributed by atoms with Gasteiger partial charge < -0.3 is 9.30 Å². The standard InChI is InChI=1S/C26H21N3O2/c1-28(2)16-23(30)20-15-22(26(31)19-7-4-3-5-8-19)29-21(20)13-12-18-11-10-17-9-6-14-27-24(17)25(18)29/h3-15H,16H2,1-2H3. The number of carbonyl (C=O) groups excluding carboxylic acids is 2. The summed E-state index contributed by atoms with van der Waals surface area (Å²) in [5.41, 5.74) is 3.94. The van der Waals surface area contributed by atoms with E-state index in [9.17, 15) is 9.59 Å². The van der Waals surface area contributed by atoms with E-state index < -0.39 is 0 Å². The summed E-state index contributed by atoms with van der Waals surface area (Å²) in [5, 5.41) is 1.94. The molecule has 5 rings (SSSR count). The molecule has 31 heavy (non-hydrogen) atoms. The topological polar surface area (TPSA) is 54.7 Å². The lowest BCUT2D eigenvalue weighted by molar-refractivity contribution is 0.0959. The minimum atomic E-state index is -0.125. The molecule has 0 saturated carbocycles. The Balaban J connectivity index is 1.90. The van der Waals surface area contributed by atoms with Crippen molar-refractivity contribution >= 4 is 38.9 Å². The number of hydrogen-bond donors (Lipinski definition) is 0. The van der Waals surface area contributed by atoms with Gasteiger partial charge in [-0.05, 0) is 32.3 Å². The molecule has 0 fully saturated rings. The third-order valence-corrected chi connectivity index (χ3v) is 5.49. The monoisotopic (exact) mass is 407 g/mol. The Labute approximate surface area is 179 Å². The molecule has 2 aromatic carbocycles. The van der Waals surface area contributed by atoms with Crippen LogP contribution in [0.5, 0.6) is 0 Å². The molecule has 152 valence electrons. The highest BCUT2D eigenvalue weighted by Gasteiger charge is 2.23. The molecule has 0 amide bonds. The third kappa shape index (κ3) is 3.20. The van der Waals surface area contributed by atoms with Crippen molar-refractivity contribution in [1.29, 1.82) is 0 Å². The number of aromatic nitrogens is 2. The average Bonchev–Trinajstić information content (AvgIpc) is 3.18. The number of rotatable bonds is 5. The molecule has 0 N–H and O–H groups in total. The average molecular weight is 407 g/mol. The van der Waals surface area contributed by atoms with E-state index in [2.05, 4.69) is 4.98 Å². The second kappa shape index (κ2) is 7.45. The van der Waals surface area contributed by atoms with Crippen molar-refractivity contribution in [2.24, 2.45) is 0 Å². The molecule has 3 aromatic heterocycles. The van der Waals surface area contributed by atoms with Gasteiger partial charge in [0.2, 0.25) is 5.78 Å². The first kappa shape index (κ1) is 19.2. The van der Waals surface area contributed by atoms with Gasteiger partial charge in [-0.3, -0.25) is 14.6 Å². The van der Waals surface area contributed by atoms with E-state index in [0.29, 0.717) is 16.8 Å². The lowest BCUT2D eigenvalue weighted by Crippen LogP contribution is -2.21. The highest BCUT2D eigenvalue weighted by molar-refractivity contribution is 6.15. The van der Waals surface area contributed by atoms with Gasteiger partial charge in [0, 0.05) is 28.1 Å². The van der Waals surface area contributed by atoms with Gasteiger partial charge in [0.15, 0.2) is 5.78 Å². The Morgan fingerprint density at radius 1 is 0.903 bits per heavy atom. The first-order valence-corrected chi connectivity index (χ1v) is 10.1. The van der Waals surface area contributed by atoms with E-state index in [-0.39, 0.29) is 18.1 Å². The maximum Gasteiger partial charge on any atom is 0.209 e. The van der Waals surface area contributed by atoms with Crippen LogP contribution in [-0.2, 0) is 0 Å². The molecular weight excluding hydrogens is 386 g/mol. The van der Waals surface area contributed by atoms with Crippen LogP contribution in [0.4, 0.5) is 0 Å². The van der Waals surface area contributed by atoms with Gasteiger partial charge in [-0.15, -0.1) is 0 Å². The summed E-state index contributed by atoms with van der Waals surface area (Å²) < 4.78 is 1.91. The second-order valence-corrected chi connectivity index (χ2v) is 7.93. The summed E-state index contributed by atoms with van der Waals surface area (Å²) >= 11 is 0. The number of Topliss-reactive ketones (excluding diaryl/α,β-unsaturated/α-hetero) is 1. The molecule has 0 aliphatic heterocycles. The molecule has 0 atom stereocenters. The minimum absolute atomic E-state index is 0.0258. The third-order valence-electron chi connectivity index (χ3n) is 5.49. The van der Waals surface area contributed by atoms with Gasteiger partial charge in [-0.2, -0.15) is 0 Å². The highest BCUT2D eigenvalue weighted by atomic mass is 16.1. The van der Waals surface area contributed by atoms with Crippen molar-refractivity contribution in [2.45, 2.75) is 0 Å². The molecule has 0 radical (unpaired) electrons. The SMILES string of the molecule is CN(C)CC(=O)c1cc(C(=O)c2ccccc2)n2c1ccc1ccc3cccnc3c12. The summed E-state index contributed by atoms with van der Waals surface area (Å²) in [7, 11) is 3.72. The Hall–Kier alpha value is -3.83. The number of pyridine rings is 2. The van der Waals surface area contributed by atoms with Crippen molar-refractivity contribution in [1.82, 2.24) is 14.3 Å². The summed E-state index contributed by atoms with van der Waals surface area (Å²) in [4.78, 5) is 33.0. The molecule has 0 bridgehead atoms. The number of ketones is 2. The molecule has 5 heteroatoms. The van der Waals surface area contributed by atoms with Crippen LogP contribution in [-0.4, -0.2) is 46.5 Å². The first-order valence-electron chi connectivity index (χ1n) is 10.1. The van der Waals surface area contributed by atoms with Crippen LogP contribution in [0.15, 0.2) is 79.0 Å². The number of nitrogens with zero attached hydrogens (tertiary/aromatic N) is 3. The maximum absolute atomic E-state index is 13.5. The summed E-state index contributed by atoms with van der Waals surface area (Å²) in [6.45, 7) is 0.268. The van der Waals surface area contributed by atoms with E-state index >= 15 is 0 Å². The van der Waals surface area contributed by atoms with Gasteiger partial charge in [-0.1, -0.05) is 54.6 Å². The second-order valence-electron chi connectivity index (χ2n) is 7.93. The summed E-state index contributed by atoms with van der Waals surface area (Å²) in [5.74, 6) is -0.151. The zero-order chi connectivity index (χ0) is 21.5. The fourth-order valence-corrected chi connectivity index (χ4v) is 4.11.